The van der Waals surface area contributed by atoms with Gasteiger partial charge in [0.2, 0.25) is 5.91 Å². The van der Waals surface area contributed by atoms with E-state index in [1.165, 1.54) is 24.3 Å². The molecule has 0 saturated carbocycles. The Balaban J connectivity index is 1.27. The maximum atomic E-state index is 13.6. The van der Waals surface area contributed by atoms with Gasteiger partial charge in [0.15, 0.2) is 0 Å². The highest BCUT2D eigenvalue weighted by Crippen LogP contribution is 2.43. The first-order valence-corrected chi connectivity index (χ1v) is 13.8. The molecule has 2 heterocycles. The molecule has 5 nitrogen and oxygen atoms in total. The maximum absolute atomic E-state index is 13.6. The highest BCUT2D eigenvalue weighted by molar-refractivity contribution is 5.79. The van der Waals surface area contributed by atoms with Crippen LogP contribution in [0.15, 0.2) is 60.7 Å². The van der Waals surface area contributed by atoms with Gasteiger partial charge in [0, 0.05) is 26.1 Å². The Morgan fingerprint density at radius 1 is 0.795 bits per heavy atom. The fourth-order valence-corrected chi connectivity index (χ4v) is 5.89. The van der Waals surface area contributed by atoms with Crippen LogP contribution in [0.1, 0.15) is 44.2 Å². The van der Waals surface area contributed by atoms with Crippen LogP contribution < -0.4 is 9.47 Å². The first kappa shape index (κ1) is 27.1. The van der Waals surface area contributed by atoms with E-state index in [0.29, 0.717) is 26.2 Å². The first-order chi connectivity index (χ1) is 18.9. The van der Waals surface area contributed by atoms with Gasteiger partial charge in [-0.1, -0.05) is 24.3 Å². The van der Waals surface area contributed by atoms with Gasteiger partial charge < -0.3 is 14.4 Å². The highest BCUT2D eigenvalue weighted by atomic mass is 19.1. The molecule has 0 unspecified atom stereocenters. The van der Waals surface area contributed by atoms with Crippen molar-refractivity contribution in [2.75, 3.05) is 32.8 Å². The van der Waals surface area contributed by atoms with Crippen molar-refractivity contribution in [1.82, 2.24) is 9.80 Å². The number of hydrogen-bond acceptors (Lipinski definition) is 4. The van der Waals surface area contributed by atoms with Crippen molar-refractivity contribution in [3.05, 3.63) is 83.4 Å². The molecule has 0 atom stereocenters. The van der Waals surface area contributed by atoms with Crippen molar-refractivity contribution in [2.24, 2.45) is 5.41 Å². The van der Waals surface area contributed by atoms with Crippen LogP contribution in [-0.2, 0) is 17.9 Å². The van der Waals surface area contributed by atoms with E-state index in [9.17, 15) is 13.6 Å². The van der Waals surface area contributed by atoms with Gasteiger partial charge in [0.25, 0.3) is 0 Å². The third-order valence-corrected chi connectivity index (χ3v) is 7.87. The second kappa shape index (κ2) is 11.7. The smallest absolute Gasteiger partial charge is 0.223 e. The van der Waals surface area contributed by atoms with Crippen molar-refractivity contribution in [2.45, 2.75) is 46.2 Å². The van der Waals surface area contributed by atoms with E-state index in [0.717, 1.165) is 72.8 Å². The summed E-state index contributed by atoms with van der Waals surface area (Å²) in [5.74, 6) is 1.11. The van der Waals surface area contributed by atoms with Gasteiger partial charge in [-0.05, 0) is 98.3 Å². The number of rotatable bonds is 9. The minimum Gasteiger partial charge on any atom is -0.493 e. The first-order valence-electron chi connectivity index (χ1n) is 13.8. The van der Waals surface area contributed by atoms with Gasteiger partial charge in [-0.25, -0.2) is 8.78 Å². The highest BCUT2D eigenvalue weighted by Gasteiger charge is 2.44. The molecule has 2 saturated heterocycles. The fraction of sp³-hybridized carbons (Fsp3) is 0.406. The molecule has 0 radical (unpaired) electrons. The third kappa shape index (κ3) is 6.25. The number of benzene rings is 3. The number of hydrogen-bond donors (Lipinski definition) is 0. The predicted octanol–water partition coefficient (Wildman–Crippen LogP) is 6.44. The van der Waals surface area contributed by atoms with Gasteiger partial charge in [-0.2, -0.15) is 0 Å². The molecule has 5 rings (SSSR count). The Labute approximate surface area is 229 Å². The number of ether oxygens (including phenoxy) is 2. The van der Waals surface area contributed by atoms with Crippen LogP contribution in [0.3, 0.4) is 0 Å². The summed E-state index contributed by atoms with van der Waals surface area (Å²) >= 11 is 0. The lowest BCUT2D eigenvalue weighted by molar-refractivity contribution is -0.128. The minimum absolute atomic E-state index is 0.00696. The second-order valence-electron chi connectivity index (χ2n) is 10.7. The van der Waals surface area contributed by atoms with E-state index < -0.39 is 0 Å². The second-order valence-corrected chi connectivity index (χ2v) is 10.7. The number of piperidine rings is 1. The molecule has 2 fully saturated rings. The number of carbonyl (C=O) groups excluding carboxylic acids is 1. The summed E-state index contributed by atoms with van der Waals surface area (Å²) in [5.41, 5.74) is 3.76. The monoisotopic (exact) mass is 534 g/mol. The molecule has 1 amide bonds. The molecule has 0 bridgehead atoms. The molecule has 3 aromatic carbocycles. The van der Waals surface area contributed by atoms with Crippen molar-refractivity contribution in [1.29, 1.82) is 0 Å². The van der Waals surface area contributed by atoms with Crippen LogP contribution in [0.4, 0.5) is 8.78 Å². The van der Waals surface area contributed by atoms with Crippen molar-refractivity contribution >= 4 is 5.91 Å². The van der Waals surface area contributed by atoms with Crippen molar-refractivity contribution in [3.8, 4) is 22.6 Å². The molecule has 206 valence electrons. The van der Waals surface area contributed by atoms with E-state index in [-0.39, 0.29) is 23.0 Å². The zero-order valence-corrected chi connectivity index (χ0v) is 22.7. The van der Waals surface area contributed by atoms with E-state index in [1.54, 1.807) is 24.3 Å². The van der Waals surface area contributed by atoms with Crippen LogP contribution in [0.25, 0.3) is 11.1 Å². The van der Waals surface area contributed by atoms with Crippen LogP contribution in [-0.4, -0.2) is 48.6 Å². The van der Waals surface area contributed by atoms with Crippen LogP contribution in [0, 0.1) is 17.0 Å². The largest absolute Gasteiger partial charge is 0.493 e. The van der Waals surface area contributed by atoms with E-state index in [4.69, 9.17) is 9.47 Å². The Hall–Kier alpha value is -3.45. The summed E-state index contributed by atoms with van der Waals surface area (Å²) < 4.78 is 38.9. The molecular weight excluding hydrogens is 498 g/mol. The number of likely N-dealkylation sites (tertiary alicyclic amines) is 2. The number of halogens is 2. The SMILES string of the molecule is CCOc1cc(CN2CCC3(CC2)CC(=O)N(Cc2ccc(F)cc2)C3)cc(OCC)c1-c1ccc(F)cc1. The zero-order valence-electron chi connectivity index (χ0n) is 22.7. The van der Waals surface area contributed by atoms with Crippen molar-refractivity contribution < 1.29 is 23.0 Å². The Morgan fingerprint density at radius 2 is 1.36 bits per heavy atom. The summed E-state index contributed by atoms with van der Waals surface area (Å²) in [4.78, 5) is 17.2. The Kier molecular flexibility index (Phi) is 8.17. The average molecular weight is 535 g/mol. The molecular formula is C32H36F2N2O3. The summed E-state index contributed by atoms with van der Waals surface area (Å²) in [5, 5.41) is 0. The Morgan fingerprint density at radius 3 is 1.92 bits per heavy atom. The quantitative estimate of drug-likeness (QED) is 0.317. The summed E-state index contributed by atoms with van der Waals surface area (Å²) in [6, 6.07) is 16.9. The number of nitrogens with zero attached hydrogens (tertiary/aromatic N) is 2. The molecule has 0 aromatic heterocycles. The van der Waals surface area contributed by atoms with Gasteiger partial charge in [0.05, 0.1) is 18.8 Å². The van der Waals surface area contributed by atoms with E-state index >= 15 is 0 Å². The summed E-state index contributed by atoms with van der Waals surface area (Å²) in [6.45, 7) is 8.79. The minimum atomic E-state index is -0.281. The molecule has 39 heavy (non-hydrogen) atoms. The van der Waals surface area contributed by atoms with Crippen LogP contribution >= 0.6 is 0 Å². The topological polar surface area (TPSA) is 42.0 Å². The Bertz CT molecular complexity index is 1260. The van der Waals surface area contributed by atoms with Gasteiger partial charge in [0.1, 0.15) is 23.1 Å². The summed E-state index contributed by atoms with van der Waals surface area (Å²) in [7, 11) is 0. The lowest BCUT2D eigenvalue weighted by Gasteiger charge is -2.39. The van der Waals surface area contributed by atoms with E-state index in [1.807, 2.05) is 18.7 Å². The fourth-order valence-electron chi connectivity index (χ4n) is 5.89. The van der Waals surface area contributed by atoms with Crippen molar-refractivity contribution in [3.63, 3.8) is 0 Å². The number of amides is 1. The van der Waals surface area contributed by atoms with Crippen LogP contribution in [0.5, 0.6) is 11.5 Å². The maximum Gasteiger partial charge on any atom is 0.223 e. The third-order valence-electron chi connectivity index (χ3n) is 7.87. The molecule has 0 aliphatic carbocycles. The molecule has 1 spiro atoms. The number of carbonyl (C=O) groups is 1. The van der Waals surface area contributed by atoms with Crippen LogP contribution in [0.2, 0.25) is 0 Å². The van der Waals surface area contributed by atoms with Gasteiger partial charge in [-0.15, -0.1) is 0 Å². The lowest BCUT2D eigenvalue weighted by Crippen LogP contribution is -2.41. The molecule has 2 aliphatic rings. The predicted molar refractivity (Wildman–Crippen MR) is 148 cm³/mol. The van der Waals surface area contributed by atoms with E-state index in [2.05, 4.69) is 17.0 Å². The molecule has 3 aromatic rings. The molecule has 0 N–H and O–H groups in total. The average Bonchev–Trinajstić information content (AvgIpc) is 3.22. The lowest BCUT2D eigenvalue weighted by atomic mass is 9.77. The molecule has 7 heteroatoms. The normalized spacial score (nSPS) is 17.1. The standard InChI is InChI=1S/C32H36F2N2O3/c1-3-38-28-17-24(18-29(39-4-2)31(28)25-7-11-27(34)12-8-25)20-35-15-13-32(14-16-35)19-30(37)36(22-32)21-23-5-9-26(33)10-6-23/h5-12,17-18H,3-4,13-16,19-22H2,1-2H3. The zero-order chi connectivity index (χ0) is 27.4. The van der Waals surface area contributed by atoms with Gasteiger partial charge >= 0.3 is 0 Å². The summed E-state index contributed by atoms with van der Waals surface area (Å²) in [6.07, 6.45) is 2.50. The van der Waals surface area contributed by atoms with Gasteiger partial charge in [-0.3, -0.25) is 9.69 Å². The molecule has 2 aliphatic heterocycles.